The van der Waals surface area contributed by atoms with Gasteiger partial charge in [-0.3, -0.25) is 10.1 Å². The number of para-hydroxylation sites is 1. The van der Waals surface area contributed by atoms with Gasteiger partial charge in [-0.1, -0.05) is 29.8 Å². The molecule has 124 valence electrons. The quantitative estimate of drug-likeness (QED) is 0.255. The Hall–Kier alpha value is -3.15. The lowest BCUT2D eigenvalue weighted by Gasteiger charge is -2.06. The van der Waals surface area contributed by atoms with Crippen LogP contribution < -0.4 is 4.74 Å². The Kier molecular flexibility index (Phi) is 6.08. The predicted octanol–water partition coefficient (Wildman–Crippen LogP) is 3.54. The third-order valence-electron chi connectivity index (χ3n) is 3.15. The van der Waals surface area contributed by atoms with Crippen LogP contribution in [0.4, 0.5) is 5.69 Å². The average molecular weight is 327 g/mol. The minimum Gasteiger partial charge on any atom is -0.490 e. The molecule has 0 radical (unpaired) electrons. The van der Waals surface area contributed by atoms with E-state index in [2.05, 4.69) is 0 Å². The molecule has 0 heterocycles. The Labute approximate surface area is 139 Å². The normalized spacial score (nSPS) is 10.5. The smallest absolute Gasteiger partial charge is 0.330 e. The molecule has 0 spiro atoms. The van der Waals surface area contributed by atoms with Crippen LogP contribution in [0.25, 0.3) is 6.08 Å². The fourth-order valence-corrected chi connectivity index (χ4v) is 1.94. The van der Waals surface area contributed by atoms with Gasteiger partial charge in [0.25, 0.3) is 5.69 Å². The van der Waals surface area contributed by atoms with Crippen molar-refractivity contribution in [3.05, 3.63) is 75.8 Å². The SMILES string of the molecule is Cc1ccc(OCCOC(=O)/C=C/c2ccccc2[N+](=O)[O-])cc1. The van der Waals surface area contributed by atoms with Crippen LogP contribution in [-0.4, -0.2) is 24.1 Å². The third kappa shape index (κ3) is 5.24. The fraction of sp³-hybridized carbons (Fsp3) is 0.167. The van der Waals surface area contributed by atoms with E-state index in [1.54, 1.807) is 18.2 Å². The van der Waals surface area contributed by atoms with E-state index >= 15 is 0 Å². The lowest BCUT2D eigenvalue weighted by molar-refractivity contribution is -0.385. The summed E-state index contributed by atoms with van der Waals surface area (Å²) in [6.07, 6.45) is 2.52. The molecule has 0 N–H and O–H groups in total. The second-order valence-electron chi connectivity index (χ2n) is 4.98. The predicted molar refractivity (Wildman–Crippen MR) is 89.8 cm³/mol. The number of esters is 1. The molecule has 0 amide bonds. The molecule has 0 atom stereocenters. The van der Waals surface area contributed by atoms with Crippen LogP contribution in [0.2, 0.25) is 0 Å². The fourth-order valence-electron chi connectivity index (χ4n) is 1.94. The molecule has 0 aliphatic heterocycles. The summed E-state index contributed by atoms with van der Waals surface area (Å²) < 4.78 is 10.4. The molecule has 2 aromatic carbocycles. The molecule has 0 aromatic heterocycles. The number of rotatable bonds is 7. The number of nitrogens with zero attached hydrogens (tertiary/aromatic N) is 1. The van der Waals surface area contributed by atoms with E-state index in [0.29, 0.717) is 11.3 Å². The first-order valence-electron chi connectivity index (χ1n) is 7.34. The van der Waals surface area contributed by atoms with Crippen LogP contribution in [-0.2, 0) is 9.53 Å². The van der Waals surface area contributed by atoms with Crippen molar-refractivity contribution in [3.8, 4) is 5.75 Å². The molecule has 0 saturated heterocycles. The Morgan fingerprint density at radius 1 is 1.12 bits per heavy atom. The van der Waals surface area contributed by atoms with Crippen LogP contribution in [0.15, 0.2) is 54.6 Å². The molecule has 0 fully saturated rings. The van der Waals surface area contributed by atoms with Gasteiger partial charge in [0.1, 0.15) is 19.0 Å². The first-order chi connectivity index (χ1) is 11.6. The van der Waals surface area contributed by atoms with Gasteiger partial charge in [0.15, 0.2) is 0 Å². The highest BCUT2D eigenvalue weighted by atomic mass is 16.6. The van der Waals surface area contributed by atoms with E-state index in [4.69, 9.17) is 9.47 Å². The highest BCUT2D eigenvalue weighted by Gasteiger charge is 2.09. The van der Waals surface area contributed by atoms with Crippen molar-refractivity contribution in [3.63, 3.8) is 0 Å². The van der Waals surface area contributed by atoms with Gasteiger partial charge in [0, 0.05) is 12.1 Å². The van der Waals surface area contributed by atoms with Crippen LogP contribution in [0, 0.1) is 17.0 Å². The van der Waals surface area contributed by atoms with Crippen molar-refractivity contribution in [2.24, 2.45) is 0 Å². The largest absolute Gasteiger partial charge is 0.490 e. The zero-order valence-electron chi connectivity index (χ0n) is 13.2. The monoisotopic (exact) mass is 327 g/mol. The Balaban J connectivity index is 1.79. The maximum absolute atomic E-state index is 11.6. The van der Waals surface area contributed by atoms with Gasteiger partial charge in [0.2, 0.25) is 0 Å². The van der Waals surface area contributed by atoms with Crippen molar-refractivity contribution < 1.29 is 19.2 Å². The summed E-state index contributed by atoms with van der Waals surface area (Å²) in [5, 5.41) is 10.9. The van der Waals surface area contributed by atoms with Crippen molar-refractivity contribution in [1.29, 1.82) is 0 Å². The summed E-state index contributed by atoms with van der Waals surface area (Å²) in [7, 11) is 0. The number of hydrogen-bond donors (Lipinski definition) is 0. The minimum absolute atomic E-state index is 0.0655. The average Bonchev–Trinajstić information content (AvgIpc) is 2.58. The molecule has 2 aromatic rings. The number of benzene rings is 2. The first-order valence-corrected chi connectivity index (χ1v) is 7.34. The van der Waals surface area contributed by atoms with Crippen LogP contribution >= 0.6 is 0 Å². The van der Waals surface area contributed by atoms with Crippen LogP contribution in [0.5, 0.6) is 5.75 Å². The first kappa shape index (κ1) is 17.2. The van der Waals surface area contributed by atoms with Gasteiger partial charge in [-0.05, 0) is 31.2 Å². The summed E-state index contributed by atoms with van der Waals surface area (Å²) >= 11 is 0. The molecule has 0 aliphatic rings. The lowest BCUT2D eigenvalue weighted by Crippen LogP contribution is -2.10. The van der Waals surface area contributed by atoms with Crippen LogP contribution in [0.3, 0.4) is 0 Å². The topological polar surface area (TPSA) is 78.7 Å². The summed E-state index contributed by atoms with van der Waals surface area (Å²) in [6, 6.07) is 13.7. The van der Waals surface area contributed by atoms with Gasteiger partial charge in [0.05, 0.1) is 10.5 Å². The highest BCUT2D eigenvalue weighted by Crippen LogP contribution is 2.18. The van der Waals surface area contributed by atoms with Crippen LogP contribution in [0.1, 0.15) is 11.1 Å². The van der Waals surface area contributed by atoms with Gasteiger partial charge in [-0.25, -0.2) is 4.79 Å². The zero-order chi connectivity index (χ0) is 17.4. The molecule has 0 unspecified atom stereocenters. The number of aryl methyl sites for hydroxylation is 1. The van der Waals surface area contributed by atoms with Gasteiger partial charge >= 0.3 is 5.97 Å². The molecule has 24 heavy (non-hydrogen) atoms. The lowest BCUT2D eigenvalue weighted by atomic mass is 10.1. The van der Waals surface area contributed by atoms with Gasteiger partial charge in [-0.15, -0.1) is 0 Å². The molecule has 2 rings (SSSR count). The second kappa shape index (κ2) is 8.47. The zero-order valence-corrected chi connectivity index (χ0v) is 13.2. The highest BCUT2D eigenvalue weighted by molar-refractivity contribution is 5.87. The van der Waals surface area contributed by atoms with E-state index in [9.17, 15) is 14.9 Å². The number of carbonyl (C=O) groups excluding carboxylic acids is 1. The summed E-state index contributed by atoms with van der Waals surface area (Å²) in [5.41, 5.74) is 1.41. The van der Waals surface area contributed by atoms with E-state index in [1.807, 2.05) is 31.2 Å². The Bertz CT molecular complexity index is 737. The van der Waals surface area contributed by atoms with Crippen molar-refractivity contribution in [2.45, 2.75) is 6.92 Å². The number of hydrogen-bond acceptors (Lipinski definition) is 5. The molecule has 0 bridgehead atoms. The number of nitro benzene ring substituents is 1. The van der Waals surface area contributed by atoms with Crippen molar-refractivity contribution in [2.75, 3.05) is 13.2 Å². The molecule has 6 nitrogen and oxygen atoms in total. The third-order valence-corrected chi connectivity index (χ3v) is 3.15. The van der Waals surface area contributed by atoms with Crippen molar-refractivity contribution in [1.82, 2.24) is 0 Å². The van der Waals surface area contributed by atoms with E-state index in [0.717, 1.165) is 11.6 Å². The number of nitro groups is 1. The van der Waals surface area contributed by atoms with Gasteiger partial charge in [-0.2, -0.15) is 0 Å². The number of carbonyl (C=O) groups is 1. The standard InChI is InChI=1S/C18H17NO5/c1-14-6-9-16(10-7-14)23-12-13-24-18(20)11-8-15-4-2-3-5-17(15)19(21)22/h2-11H,12-13H2,1H3/b11-8+. The molecule has 0 saturated carbocycles. The maximum atomic E-state index is 11.6. The molecule has 6 heteroatoms. The number of ether oxygens (including phenoxy) is 2. The van der Waals surface area contributed by atoms with E-state index in [1.165, 1.54) is 12.1 Å². The van der Waals surface area contributed by atoms with E-state index in [-0.39, 0.29) is 18.9 Å². The Morgan fingerprint density at radius 3 is 2.54 bits per heavy atom. The van der Waals surface area contributed by atoms with Crippen molar-refractivity contribution >= 4 is 17.7 Å². The summed E-state index contributed by atoms with van der Waals surface area (Å²) in [4.78, 5) is 22.0. The van der Waals surface area contributed by atoms with E-state index < -0.39 is 10.9 Å². The van der Waals surface area contributed by atoms with Gasteiger partial charge < -0.3 is 9.47 Å². The molecule has 0 aliphatic carbocycles. The maximum Gasteiger partial charge on any atom is 0.330 e. The molecular formula is C18H17NO5. The minimum atomic E-state index is -0.583. The second-order valence-corrected chi connectivity index (χ2v) is 4.98. The summed E-state index contributed by atoms with van der Waals surface area (Å²) in [6.45, 7) is 2.30. The Morgan fingerprint density at radius 2 is 1.83 bits per heavy atom. The molecular weight excluding hydrogens is 310 g/mol. The summed E-state index contributed by atoms with van der Waals surface area (Å²) in [5.74, 6) is 0.118.